The fourth-order valence-electron chi connectivity index (χ4n) is 4.52. The van der Waals surface area contributed by atoms with Gasteiger partial charge in [0.2, 0.25) is 0 Å². The Morgan fingerprint density at radius 3 is 2.29 bits per heavy atom. The third kappa shape index (κ3) is 6.09. The predicted octanol–water partition coefficient (Wildman–Crippen LogP) is 4.36. The number of carbonyl (C=O) groups excluding carboxylic acids is 1. The summed E-state index contributed by atoms with van der Waals surface area (Å²) in [4.78, 5) is 20.1. The molecular formula is C25H34BrN3O2. The van der Waals surface area contributed by atoms with E-state index in [0.717, 1.165) is 57.1 Å². The van der Waals surface area contributed by atoms with Gasteiger partial charge in [0.05, 0.1) is 13.2 Å². The molecule has 0 atom stereocenters. The molecule has 0 spiro atoms. The van der Waals surface area contributed by atoms with Crippen LogP contribution >= 0.6 is 17.0 Å². The quantitative estimate of drug-likeness (QED) is 0.606. The molecule has 2 fully saturated rings. The molecule has 2 aliphatic rings. The van der Waals surface area contributed by atoms with Crippen LogP contribution in [0.25, 0.3) is 0 Å². The highest BCUT2D eigenvalue weighted by Gasteiger charge is 2.20. The number of benzene rings is 2. The second kappa shape index (κ2) is 11.7. The summed E-state index contributed by atoms with van der Waals surface area (Å²) < 4.78 is 5.50. The monoisotopic (exact) mass is 487 g/mol. The summed E-state index contributed by atoms with van der Waals surface area (Å²) >= 11 is 0. The van der Waals surface area contributed by atoms with Gasteiger partial charge < -0.3 is 14.5 Å². The summed E-state index contributed by atoms with van der Waals surface area (Å²) in [5.74, 6) is 0.0967. The molecule has 5 nitrogen and oxygen atoms in total. The molecule has 1 amide bonds. The molecule has 2 saturated heterocycles. The van der Waals surface area contributed by atoms with Crippen molar-refractivity contribution in [3.8, 4) is 0 Å². The summed E-state index contributed by atoms with van der Waals surface area (Å²) in [6.45, 7) is 7.03. The number of hydrogen-bond donors (Lipinski definition) is 0. The predicted molar refractivity (Wildman–Crippen MR) is 131 cm³/mol. The van der Waals surface area contributed by atoms with Crippen LogP contribution in [-0.2, 0) is 17.8 Å². The summed E-state index contributed by atoms with van der Waals surface area (Å²) in [5, 5.41) is 0. The van der Waals surface area contributed by atoms with Crippen LogP contribution in [0.4, 0.5) is 5.69 Å². The van der Waals surface area contributed by atoms with Gasteiger partial charge in [0.25, 0.3) is 5.91 Å². The Morgan fingerprint density at radius 2 is 1.55 bits per heavy atom. The van der Waals surface area contributed by atoms with E-state index in [2.05, 4.69) is 40.1 Å². The van der Waals surface area contributed by atoms with Gasteiger partial charge in [-0.05, 0) is 49.2 Å². The van der Waals surface area contributed by atoms with Gasteiger partial charge >= 0.3 is 0 Å². The number of halogens is 1. The molecule has 0 radical (unpaired) electrons. The zero-order chi connectivity index (χ0) is 20.8. The highest BCUT2D eigenvalue weighted by Crippen LogP contribution is 2.24. The molecule has 0 unspecified atom stereocenters. The zero-order valence-electron chi connectivity index (χ0n) is 18.5. The van der Waals surface area contributed by atoms with Gasteiger partial charge in [-0.2, -0.15) is 0 Å². The van der Waals surface area contributed by atoms with Crippen LogP contribution in [-0.4, -0.2) is 62.1 Å². The second-order valence-electron chi connectivity index (χ2n) is 8.38. The molecule has 2 aliphatic heterocycles. The van der Waals surface area contributed by atoms with Crippen molar-refractivity contribution in [1.29, 1.82) is 0 Å². The van der Waals surface area contributed by atoms with Crippen LogP contribution in [0.15, 0.2) is 48.5 Å². The van der Waals surface area contributed by atoms with Crippen molar-refractivity contribution in [3.63, 3.8) is 0 Å². The van der Waals surface area contributed by atoms with Crippen LogP contribution in [0, 0.1) is 0 Å². The standard InChI is InChI=1S/C25H33N3O2.BrH/c1-26(19-22-10-4-6-12-24(22)28-15-17-30-18-16-28)25(29)23-11-5-3-9-21(23)20-27-13-7-2-8-14-27;/h3-6,9-12H,2,7-8,13-20H2,1H3;1H. The lowest BCUT2D eigenvalue weighted by Crippen LogP contribution is -2.37. The summed E-state index contributed by atoms with van der Waals surface area (Å²) in [6.07, 6.45) is 3.84. The van der Waals surface area contributed by atoms with Gasteiger partial charge in [0, 0.05) is 44.5 Å². The maximum absolute atomic E-state index is 13.4. The van der Waals surface area contributed by atoms with Crippen LogP contribution in [0.5, 0.6) is 0 Å². The van der Waals surface area contributed by atoms with Gasteiger partial charge in [0.15, 0.2) is 0 Å². The first-order chi connectivity index (χ1) is 14.7. The number of anilines is 1. The summed E-state index contributed by atoms with van der Waals surface area (Å²) in [5.41, 5.74) is 4.36. The van der Waals surface area contributed by atoms with Gasteiger partial charge in [-0.1, -0.05) is 42.8 Å². The number of para-hydroxylation sites is 1. The SMILES string of the molecule is Br.CN(Cc1ccccc1N1CCOCC1)C(=O)c1ccccc1CN1CCCCC1. The Hall–Kier alpha value is -1.89. The number of rotatable bonds is 6. The van der Waals surface area contributed by atoms with E-state index in [4.69, 9.17) is 4.74 Å². The Kier molecular flexibility index (Phi) is 8.93. The van der Waals surface area contributed by atoms with Gasteiger partial charge in [-0.25, -0.2) is 0 Å². The van der Waals surface area contributed by atoms with Gasteiger partial charge in [-0.3, -0.25) is 9.69 Å². The molecule has 0 aromatic heterocycles. The fraction of sp³-hybridized carbons (Fsp3) is 0.480. The van der Waals surface area contributed by atoms with Crippen LogP contribution in [0.2, 0.25) is 0 Å². The minimum Gasteiger partial charge on any atom is -0.378 e. The van der Waals surface area contributed by atoms with E-state index in [1.54, 1.807) is 0 Å². The van der Waals surface area contributed by atoms with Crippen molar-refractivity contribution in [3.05, 3.63) is 65.2 Å². The van der Waals surface area contributed by atoms with Gasteiger partial charge in [0.1, 0.15) is 0 Å². The maximum Gasteiger partial charge on any atom is 0.254 e. The molecule has 0 saturated carbocycles. The van der Waals surface area contributed by atoms with E-state index in [1.165, 1.54) is 30.5 Å². The Morgan fingerprint density at radius 1 is 0.903 bits per heavy atom. The number of piperidine rings is 1. The molecule has 0 bridgehead atoms. The van der Waals surface area contributed by atoms with Crippen molar-refractivity contribution in [1.82, 2.24) is 9.80 Å². The largest absolute Gasteiger partial charge is 0.378 e. The van der Waals surface area contributed by atoms with E-state index < -0.39 is 0 Å². The molecule has 168 valence electrons. The van der Waals surface area contributed by atoms with Crippen molar-refractivity contribution >= 4 is 28.6 Å². The zero-order valence-corrected chi connectivity index (χ0v) is 20.2. The van der Waals surface area contributed by atoms with E-state index in [1.807, 2.05) is 30.1 Å². The summed E-state index contributed by atoms with van der Waals surface area (Å²) in [6, 6.07) is 16.5. The normalized spacial score (nSPS) is 17.1. The number of morpholine rings is 1. The number of likely N-dealkylation sites (tertiary alicyclic amines) is 1. The molecule has 2 heterocycles. The molecular weight excluding hydrogens is 454 g/mol. The number of nitrogens with zero attached hydrogens (tertiary/aromatic N) is 3. The first-order valence-electron chi connectivity index (χ1n) is 11.2. The summed E-state index contributed by atoms with van der Waals surface area (Å²) in [7, 11) is 1.91. The Bertz CT molecular complexity index is 848. The van der Waals surface area contributed by atoms with Crippen molar-refractivity contribution in [2.24, 2.45) is 0 Å². The van der Waals surface area contributed by atoms with Crippen molar-refractivity contribution in [2.45, 2.75) is 32.4 Å². The van der Waals surface area contributed by atoms with E-state index in [-0.39, 0.29) is 22.9 Å². The Balaban J connectivity index is 0.00000272. The highest BCUT2D eigenvalue weighted by atomic mass is 79.9. The lowest BCUT2D eigenvalue weighted by atomic mass is 10.0. The average Bonchev–Trinajstić information content (AvgIpc) is 2.80. The van der Waals surface area contributed by atoms with Crippen LogP contribution < -0.4 is 4.90 Å². The molecule has 0 aliphatic carbocycles. The molecule has 4 rings (SSSR count). The van der Waals surface area contributed by atoms with Crippen molar-refractivity contribution in [2.75, 3.05) is 51.3 Å². The lowest BCUT2D eigenvalue weighted by molar-refractivity contribution is 0.0782. The first kappa shape index (κ1) is 23.8. The third-order valence-electron chi connectivity index (χ3n) is 6.19. The number of carbonyl (C=O) groups is 1. The lowest BCUT2D eigenvalue weighted by Gasteiger charge is -2.31. The molecule has 31 heavy (non-hydrogen) atoms. The van der Waals surface area contributed by atoms with Crippen molar-refractivity contribution < 1.29 is 9.53 Å². The molecule has 6 heteroatoms. The Labute approximate surface area is 196 Å². The van der Waals surface area contributed by atoms with Crippen LogP contribution in [0.1, 0.15) is 40.7 Å². The maximum atomic E-state index is 13.4. The number of ether oxygens (including phenoxy) is 1. The topological polar surface area (TPSA) is 36.0 Å². The average molecular weight is 488 g/mol. The van der Waals surface area contributed by atoms with E-state index in [0.29, 0.717) is 6.54 Å². The smallest absolute Gasteiger partial charge is 0.254 e. The molecule has 2 aromatic rings. The first-order valence-corrected chi connectivity index (χ1v) is 11.2. The minimum absolute atomic E-state index is 0. The fourth-order valence-corrected chi connectivity index (χ4v) is 4.52. The third-order valence-corrected chi connectivity index (χ3v) is 6.19. The number of amides is 1. The van der Waals surface area contributed by atoms with E-state index >= 15 is 0 Å². The number of hydrogen-bond acceptors (Lipinski definition) is 4. The van der Waals surface area contributed by atoms with Gasteiger partial charge in [-0.15, -0.1) is 17.0 Å². The van der Waals surface area contributed by atoms with Crippen LogP contribution in [0.3, 0.4) is 0 Å². The highest BCUT2D eigenvalue weighted by molar-refractivity contribution is 8.93. The second-order valence-corrected chi connectivity index (χ2v) is 8.38. The minimum atomic E-state index is 0. The molecule has 2 aromatic carbocycles. The van der Waals surface area contributed by atoms with E-state index in [9.17, 15) is 4.79 Å². The molecule has 0 N–H and O–H groups in total.